The summed E-state index contributed by atoms with van der Waals surface area (Å²) < 4.78 is 33.2. The van der Waals surface area contributed by atoms with Gasteiger partial charge in [-0.3, -0.25) is 18.6 Å². The van der Waals surface area contributed by atoms with Crippen molar-refractivity contribution in [2.24, 2.45) is 5.73 Å². The predicted octanol–water partition coefficient (Wildman–Crippen LogP) is 24.2. The smallest absolute Gasteiger partial charge is 0.462 e. The fourth-order valence-electron chi connectivity index (χ4n) is 9.94. The maximum atomic E-state index is 12.8. The Morgan fingerprint density at radius 1 is 0.337 bits per heavy atom. The summed E-state index contributed by atoms with van der Waals surface area (Å²) in [5.74, 6) is -0.825. The topological polar surface area (TPSA) is 134 Å². The average molecular weight is 1260 g/mol. The van der Waals surface area contributed by atoms with Crippen molar-refractivity contribution < 1.29 is 37.6 Å². The highest BCUT2D eigenvalue weighted by molar-refractivity contribution is 7.47. The Balaban J connectivity index is 3.87. The lowest BCUT2D eigenvalue weighted by atomic mass is 10.0. The molecule has 10 heteroatoms. The fraction of sp³-hybridized carbons (Fsp3) is 0.671. The van der Waals surface area contributed by atoms with E-state index in [2.05, 4.69) is 160 Å². The van der Waals surface area contributed by atoms with E-state index in [4.69, 9.17) is 24.3 Å². The molecule has 0 saturated heterocycles. The van der Waals surface area contributed by atoms with Gasteiger partial charge in [0.25, 0.3) is 0 Å². The molecule has 0 aromatic heterocycles. The lowest BCUT2D eigenvalue weighted by Crippen LogP contribution is -2.29. The van der Waals surface area contributed by atoms with Crippen molar-refractivity contribution in [2.45, 2.75) is 315 Å². The molecule has 0 fully saturated rings. The first-order valence-electron chi connectivity index (χ1n) is 36.3. The molecule has 9 nitrogen and oxygen atoms in total. The number of hydrogen-bond acceptors (Lipinski definition) is 8. The van der Waals surface area contributed by atoms with E-state index in [-0.39, 0.29) is 38.6 Å². The molecule has 0 bridgehead atoms. The largest absolute Gasteiger partial charge is 0.472 e. The molecule has 0 aliphatic heterocycles. The summed E-state index contributed by atoms with van der Waals surface area (Å²) in [4.78, 5) is 35.4. The zero-order valence-electron chi connectivity index (χ0n) is 57.1. The number of esters is 2. The van der Waals surface area contributed by atoms with Gasteiger partial charge in [0.2, 0.25) is 0 Å². The van der Waals surface area contributed by atoms with Crippen LogP contribution in [-0.2, 0) is 32.7 Å². The number of allylic oxidation sites excluding steroid dienone is 24. The highest BCUT2D eigenvalue weighted by Gasteiger charge is 2.26. The second-order valence-corrected chi connectivity index (χ2v) is 25.1. The second kappa shape index (κ2) is 72.9. The number of ether oxygens (including phenoxy) is 2. The number of nitrogens with two attached hydrogens (primary N) is 1. The van der Waals surface area contributed by atoms with Crippen molar-refractivity contribution in [2.75, 3.05) is 26.4 Å². The monoisotopic (exact) mass is 1260 g/mol. The van der Waals surface area contributed by atoms with E-state index < -0.39 is 26.5 Å². The highest BCUT2D eigenvalue weighted by Crippen LogP contribution is 2.43. The molecule has 0 spiro atoms. The molecule has 0 rings (SSSR count). The Kier molecular flexibility index (Phi) is 69.6. The minimum atomic E-state index is -4.40. The molecule has 0 aromatic carbocycles. The predicted molar refractivity (Wildman–Crippen MR) is 385 cm³/mol. The number of carbonyl (C=O) groups excluding carboxylic acids is 2. The van der Waals surface area contributed by atoms with Gasteiger partial charge < -0.3 is 20.1 Å². The Bertz CT molecular complexity index is 1970. The van der Waals surface area contributed by atoms with Gasteiger partial charge in [-0.25, -0.2) is 4.57 Å². The third-order valence-corrected chi connectivity index (χ3v) is 16.2. The van der Waals surface area contributed by atoms with E-state index in [1.807, 2.05) is 0 Å². The van der Waals surface area contributed by atoms with Crippen LogP contribution in [0.1, 0.15) is 309 Å². The van der Waals surface area contributed by atoms with Crippen LogP contribution in [0.4, 0.5) is 0 Å². The van der Waals surface area contributed by atoms with Crippen molar-refractivity contribution in [3.8, 4) is 0 Å². The van der Waals surface area contributed by atoms with Gasteiger partial charge in [0.05, 0.1) is 13.2 Å². The first-order chi connectivity index (χ1) is 43.8. The van der Waals surface area contributed by atoms with Crippen LogP contribution in [0, 0.1) is 0 Å². The molecule has 0 saturated carbocycles. The summed E-state index contributed by atoms with van der Waals surface area (Å²) in [6.07, 6.45) is 105. The lowest BCUT2D eigenvalue weighted by molar-refractivity contribution is -0.161. The standard InChI is InChI=1S/C79H134NO8P/c1-3-5-7-9-11-13-15-17-19-21-23-25-27-29-31-32-33-34-35-36-37-38-39-40-41-42-43-44-46-48-50-52-54-56-58-60-62-64-66-68-70-72-79(82)88-77(76-87-89(83,84)86-74-73-80)75-85-78(81)71-69-67-65-63-61-59-57-55-53-51-49-47-45-30-28-26-24-22-20-18-16-14-12-10-8-6-4-2/h5-8,11-14,17-20,23-26,29,31,33-34,36-37,39-40,77H,3-4,9-10,15-16,21-22,27-28,30,32,35,38,41-76,80H2,1-2H3,(H,83,84)/b7-5-,8-6-,13-11-,14-12-,19-17-,20-18-,25-23-,26-24-,31-29-,34-33-,37-36-,40-39-. The molecule has 0 amide bonds. The molecular weight excluding hydrogens is 1120 g/mol. The zero-order valence-corrected chi connectivity index (χ0v) is 58.0. The Morgan fingerprint density at radius 3 is 0.865 bits per heavy atom. The third-order valence-electron chi connectivity index (χ3n) is 15.2. The Morgan fingerprint density at radius 2 is 0.584 bits per heavy atom. The first-order valence-corrected chi connectivity index (χ1v) is 37.8. The fourth-order valence-corrected chi connectivity index (χ4v) is 10.7. The zero-order chi connectivity index (χ0) is 64.4. The van der Waals surface area contributed by atoms with Crippen molar-refractivity contribution in [3.05, 3.63) is 146 Å². The normalized spacial score (nSPS) is 13.8. The van der Waals surface area contributed by atoms with Crippen molar-refractivity contribution in [3.63, 3.8) is 0 Å². The molecule has 2 unspecified atom stereocenters. The number of unbranched alkanes of at least 4 members (excludes halogenated alkanes) is 30. The summed E-state index contributed by atoms with van der Waals surface area (Å²) >= 11 is 0. The van der Waals surface area contributed by atoms with Crippen molar-refractivity contribution >= 4 is 19.8 Å². The molecule has 89 heavy (non-hydrogen) atoms. The minimum Gasteiger partial charge on any atom is -0.462 e. The first kappa shape index (κ1) is 84.9. The van der Waals surface area contributed by atoms with Gasteiger partial charge in [-0.1, -0.05) is 327 Å². The summed E-state index contributed by atoms with van der Waals surface area (Å²) in [6.45, 7) is 3.54. The van der Waals surface area contributed by atoms with Gasteiger partial charge in [0, 0.05) is 19.4 Å². The van der Waals surface area contributed by atoms with E-state index in [0.29, 0.717) is 6.42 Å². The number of phosphoric acid groups is 1. The van der Waals surface area contributed by atoms with E-state index >= 15 is 0 Å². The molecule has 0 aliphatic rings. The van der Waals surface area contributed by atoms with E-state index in [9.17, 15) is 19.0 Å². The Hall–Kier alpha value is -4.11. The van der Waals surface area contributed by atoms with Crippen LogP contribution in [0.3, 0.4) is 0 Å². The summed E-state index contributed by atoms with van der Waals surface area (Å²) in [5, 5.41) is 0. The summed E-state index contributed by atoms with van der Waals surface area (Å²) in [6, 6.07) is 0. The molecule has 2 atom stereocenters. The molecular formula is C79H134NO8P. The minimum absolute atomic E-state index is 0.0491. The molecule has 508 valence electrons. The summed E-state index contributed by atoms with van der Waals surface area (Å²) in [7, 11) is -4.40. The van der Waals surface area contributed by atoms with Crippen molar-refractivity contribution in [1.82, 2.24) is 0 Å². The van der Waals surface area contributed by atoms with Crippen LogP contribution < -0.4 is 5.73 Å². The van der Waals surface area contributed by atoms with Gasteiger partial charge in [-0.15, -0.1) is 0 Å². The highest BCUT2D eigenvalue weighted by atomic mass is 31.2. The van der Waals surface area contributed by atoms with Gasteiger partial charge in [0.1, 0.15) is 6.61 Å². The van der Waals surface area contributed by atoms with Gasteiger partial charge in [-0.2, -0.15) is 0 Å². The van der Waals surface area contributed by atoms with E-state index in [1.54, 1.807) is 0 Å². The Labute approximate surface area is 547 Å². The molecule has 3 N–H and O–H groups in total. The van der Waals surface area contributed by atoms with Crippen molar-refractivity contribution in [1.29, 1.82) is 0 Å². The molecule has 0 heterocycles. The number of phosphoric ester groups is 1. The van der Waals surface area contributed by atoms with E-state index in [1.165, 1.54) is 161 Å². The van der Waals surface area contributed by atoms with Crippen LogP contribution in [0.15, 0.2) is 146 Å². The van der Waals surface area contributed by atoms with Crippen LogP contribution >= 0.6 is 7.82 Å². The van der Waals surface area contributed by atoms with Gasteiger partial charge in [0.15, 0.2) is 6.10 Å². The number of carbonyl (C=O) groups is 2. The maximum Gasteiger partial charge on any atom is 0.472 e. The average Bonchev–Trinajstić information content (AvgIpc) is 3.58. The van der Waals surface area contributed by atoms with Crippen LogP contribution in [0.5, 0.6) is 0 Å². The van der Waals surface area contributed by atoms with Gasteiger partial charge in [-0.05, 0) is 116 Å². The van der Waals surface area contributed by atoms with Crippen LogP contribution in [0.25, 0.3) is 0 Å². The molecule has 0 aromatic rings. The number of hydrogen-bond donors (Lipinski definition) is 2. The summed E-state index contributed by atoms with van der Waals surface area (Å²) in [5.41, 5.74) is 5.41. The lowest BCUT2D eigenvalue weighted by Gasteiger charge is -2.19. The van der Waals surface area contributed by atoms with Gasteiger partial charge >= 0.3 is 19.8 Å². The van der Waals surface area contributed by atoms with Crippen LogP contribution in [0.2, 0.25) is 0 Å². The maximum absolute atomic E-state index is 12.8. The quantitative estimate of drug-likeness (QED) is 0.0264. The van der Waals surface area contributed by atoms with E-state index in [0.717, 1.165) is 116 Å². The molecule has 0 aliphatic carbocycles. The van der Waals surface area contributed by atoms with Crippen LogP contribution in [-0.4, -0.2) is 49.3 Å². The molecule has 0 radical (unpaired) electrons. The third kappa shape index (κ3) is 72.8. The second-order valence-electron chi connectivity index (χ2n) is 23.7. The number of rotatable bonds is 67. The SMILES string of the molecule is CC/C=C\C/C=C\C/C=C\C/C=C\C/C=C\C/C=C\C/C=C\C/C=C\CCCCCCCCCCCCCCCCCCC(=O)OC(COC(=O)CCCCCCCCCCCCCCCC/C=C\C/C=C\C/C=C\C/C=C\CC)COP(=O)(O)OCCN.